The van der Waals surface area contributed by atoms with Crippen LogP contribution in [-0.2, 0) is 16.1 Å². The maximum absolute atomic E-state index is 13.1. The van der Waals surface area contributed by atoms with Crippen LogP contribution in [0, 0.1) is 0 Å². The molecule has 1 heterocycles. The second kappa shape index (κ2) is 11.0. The molecule has 180 valence electrons. The largest absolute Gasteiger partial charge is 0.497 e. The summed E-state index contributed by atoms with van der Waals surface area (Å²) in [4.78, 5) is 25.7. The second-order valence-corrected chi connectivity index (χ2v) is 8.20. The fourth-order valence-electron chi connectivity index (χ4n) is 3.81. The number of carbonyl (C=O) groups excluding carboxylic acids is 2. The van der Waals surface area contributed by atoms with Crippen LogP contribution < -0.4 is 20.1 Å². The van der Waals surface area contributed by atoms with Gasteiger partial charge >= 0.3 is 12.0 Å². The Balaban J connectivity index is 1.70. The Morgan fingerprint density at radius 2 is 1.77 bits per heavy atom. The molecular weight excluding hydrogens is 468 g/mol. The molecule has 0 saturated carbocycles. The van der Waals surface area contributed by atoms with E-state index in [1.54, 1.807) is 50.4 Å². The number of nitrogens with one attached hydrogen (secondary N) is 2. The number of esters is 1. The Morgan fingerprint density at radius 3 is 2.49 bits per heavy atom. The number of ether oxygens (including phenoxy) is 3. The fourth-order valence-corrected chi connectivity index (χ4v) is 4.02. The maximum atomic E-state index is 13.1. The van der Waals surface area contributed by atoms with E-state index < -0.39 is 18.0 Å². The molecule has 3 aromatic rings. The summed E-state index contributed by atoms with van der Waals surface area (Å²) in [6, 6.07) is 20.6. The standard InChI is InChI=1S/C27H25ClN2O5/c1-3-34-26(31)23-24(18-10-12-21(33-2)13-11-18)29-27(32)30-25(23)19-7-5-9-22(15-19)35-16-17-6-4-8-20(28)14-17/h4-15,25H,3,16H2,1-2H3,(H2,29,30,32). The van der Waals surface area contributed by atoms with Gasteiger partial charge in [0, 0.05) is 5.02 Å². The van der Waals surface area contributed by atoms with Crippen molar-refractivity contribution in [2.45, 2.75) is 19.6 Å². The lowest BCUT2D eigenvalue weighted by Crippen LogP contribution is -2.45. The van der Waals surface area contributed by atoms with Gasteiger partial charge in [-0.15, -0.1) is 0 Å². The number of rotatable bonds is 8. The van der Waals surface area contributed by atoms with Gasteiger partial charge in [-0.1, -0.05) is 35.9 Å². The van der Waals surface area contributed by atoms with Crippen LogP contribution in [0.2, 0.25) is 5.02 Å². The minimum Gasteiger partial charge on any atom is -0.497 e. The predicted octanol–water partition coefficient (Wildman–Crippen LogP) is 5.26. The van der Waals surface area contributed by atoms with Gasteiger partial charge in [-0.3, -0.25) is 0 Å². The van der Waals surface area contributed by atoms with Gasteiger partial charge in [0.1, 0.15) is 18.1 Å². The molecule has 1 aliphatic heterocycles. The van der Waals surface area contributed by atoms with Crippen molar-refractivity contribution in [1.29, 1.82) is 0 Å². The molecule has 0 bridgehead atoms. The first-order valence-electron chi connectivity index (χ1n) is 11.1. The molecule has 0 saturated heterocycles. The number of hydrogen-bond acceptors (Lipinski definition) is 5. The first kappa shape index (κ1) is 24.2. The van der Waals surface area contributed by atoms with Crippen LogP contribution in [0.15, 0.2) is 78.4 Å². The molecule has 0 aromatic heterocycles. The average molecular weight is 493 g/mol. The highest BCUT2D eigenvalue weighted by Crippen LogP contribution is 2.34. The average Bonchev–Trinajstić information content (AvgIpc) is 2.87. The van der Waals surface area contributed by atoms with E-state index >= 15 is 0 Å². The van der Waals surface area contributed by atoms with Crippen molar-refractivity contribution in [1.82, 2.24) is 10.6 Å². The Hall–Kier alpha value is -3.97. The lowest BCUT2D eigenvalue weighted by atomic mass is 9.92. The summed E-state index contributed by atoms with van der Waals surface area (Å²) in [6.07, 6.45) is 0. The third kappa shape index (κ3) is 5.75. The zero-order chi connectivity index (χ0) is 24.8. The molecule has 0 aliphatic carbocycles. The van der Waals surface area contributed by atoms with E-state index in [1.165, 1.54) is 0 Å². The van der Waals surface area contributed by atoms with Crippen molar-refractivity contribution in [3.63, 3.8) is 0 Å². The molecule has 1 unspecified atom stereocenters. The zero-order valence-corrected chi connectivity index (χ0v) is 20.1. The second-order valence-electron chi connectivity index (χ2n) is 7.76. The van der Waals surface area contributed by atoms with Crippen LogP contribution in [0.3, 0.4) is 0 Å². The molecule has 0 spiro atoms. The van der Waals surface area contributed by atoms with E-state index in [4.69, 9.17) is 25.8 Å². The van der Waals surface area contributed by atoms with Gasteiger partial charge in [0.05, 0.1) is 31.0 Å². The number of halogens is 1. The molecule has 1 aliphatic rings. The SMILES string of the molecule is CCOC(=O)C1=C(c2ccc(OC)cc2)NC(=O)NC1c1cccc(OCc2cccc(Cl)c2)c1. The maximum Gasteiger partial charge on any atom is 0.338 e. The molecule has 35 heavy (non-hydrogen) atoms. The zero-order valence-electron chi connectivity index (χ0n) is 19.3. The van der Waals surface area contributed by atoms with Crippen molar-refractivity contribution >= 4 is 29.3 Å². The minimum atomic E-state index is -0.741. The molecule has 0 fully saturated rings. The van der Waals surface area contributed by atoms with Crippen LogP contribution >= 0.6 is 11.6 Å². The van der Waals surface area contributed by atoms with Gasteiger partial charge in [-0.25, -0.2) is 9.59 Å². The number of carbonyl (C=O) groups is 2. The highest BCUT2D eigenvalue weighted by atomic mass is 35.5. The van der Waals surface area contributed by atoms with Gasteiger partial charge < -0.3 is 24.8 Å². The quantitative estimate of drug-likeness (QED) is 0.419. The monoisotopic (exact) mass is 492 g/mol. The van der Waals surface area contributed by atoms with E-state index in [9.17, 15) is 9.59 Å². The number of amides is 2. The lowest BCUT2D eigenvalue weighted by Gasteiger charge is -2.29. The summed E-state index contributed by atoms with van der Waals surface area (Å²) in [6.45, 7) is 2.25. The van der Waals surface area contributed by atoms with Gasteiger partial charge in [-0.2, -0.15) is 0 Å². The molecule has 2 N–H and O–H groups in total. The van der Waals surface area contributed by atoms with E-state index in [0.717, 1.165) is 5.56 Å². The molecular formula is C27H25ClN2O5. The number of methoxy groups -OCH3 is 1. The number of hydrogen-bond donors (Lipinski definition) is 2. The lowest BCUT2D eigenvalue weighted by molar-refractivity contribution is -0.138. The van der Waals surface area contributed by atoms with Crippen molar-refractivity contribution in [2.24, 2.45) is 0 Å². The Labute approximate surface area is 208 Å². The molecule has 0 radical (unpaired) electrons. The third-order valence-electron chi connectivity index (χ3n) is 5.43. The summed E-state index contributed by atoms with van der Waals surface area (Å²) in [5.74, 6) is 0.721. The highest BCUT2D eigenvalue weighted by molar-refractivity contribution is 6.30. The summed E-state index contributed by atoms with van der Waals surface area (Å²) in [7, 11) is 1.57. The summed E-state index contributed by atoms with van der Waals surface area (Å²) >= 11 is 6.06. The number of urea groups is 1. The Morgan fingerprint density at radius 1 is 1.00 bits per heavy atom. The molecule has 7 nitrogen and oxygen atoms in total. The first-order valence-corrected chi connectivity index (χ1v) is 11.5. The van der Waals surface area contributed by atoms with Crippen molar-refractivity contribution in [2.75, 3.05) is 13.7 Å². The van der Waals surface area contributed by atoms with Crippen molar-refractivity contribution in [3.05, 3.63) is 100 Å². The van der Waals surface area contributed by atoms with Crippen LogP contribution in [0.5, 0.6) is 11.5 Å². The van der Waals surface area contributed by atoms with E-state index in [2.05, 4.69) is 10.6 Å². The van der Waals surface area contributed by atoms with Crippen LogP contribution in [0.1, 0.15) is 29.7 Å². The Bertz CT molecular complexity index is 1260. The summed E-state index contributed by atoms with van der Waals surface area (Å²) in [5.41, 5.74) is 2.93. The van der Waals surface area contributed by atoms with Crippen LogP contribution in [0.25, 0.3) is 5.70 Å². The topological polar surface area (TPSA) is 85.9 Å². The predicted molar refractivity (Wildman–Crippen MR) is 133 cm³/mol. The van der Waals surface area contributed by atoms with Gasteiger partial charge in [0.15, 0.2) is 0 Å². The number of benzene rings is 3. The van der Waals surface area contributed by atoms with Crippen molar-refractivity contribution < 1.29 is 23.8 Å². The molecule has 2 amide bonds. The van der Waals surface area contributed by atoms with Gasteiger partial charge in [0.25, 0.3) is 0 Å². The minimum absolute atomic E-state index is 0.196. The smallest absolute Gasteiger partial charge is 0.338 e. The highest BCUT2D eigenvalue weighted by Gasteiger charge is 2.34. The summed E-state index contributed by atoms with van der Waals surface area (Å²) in [5, 5.41) is 6.25. The van der Waals surface area contributed by atoms with Crippen LogP contribution in [-0.4, -0.2) is 25.7 Å². The van der Waals surface area contributed by atoms with E-state index in [1.807, 2.05) is 36.4 Å². The van der Waals surface area contributed by atoms with Crippen molar-refractivity contribution in [3.8, 4) is 11.5 Å². The summed E-state index contributed by atoms with van der Waals surface area (Å²) < 4.78 is 16.5. The third-order valence-corrected chi connectivity index (χ3v) is 5.67. The van der Waals surface area contributed by atoms with Gasteiger partial charge in [-0.05, 0) is 72.1 Å². The Kier molecular flexibility index (Phi) is 7.57. The van der Waals surface area contributed by atoms with E-state index in [-0.39, 0.29) is 6.61 Å². The van der Waals surface area contributed by atoms with E-state index in [0.29, 0.717) is 45.5 Å². The molecule has 3 aromatic carbocycles. The van der Waals surface area contributed by atoms with Crippen LogP contribution in [0.4, 0.5) is 4.79 Å². The molecule has 8 heteroatoms. The fraction of sp³-hybridized carbons (Fsp3) is 0.185. The first-order chi connectivity index (χ1) is 17.0. The molecule has 1 atom stereocenters. The molecule has 4 rings (SSSR count). The van der Waals surface area contributed by atoms with Gasteiger partial charge in [0.2, 0.25) is 0 Å². The normalized spacial score (nSPS) is 15.2.